The van der Waals surface area contributed by atoms with E-state index in [0.717, 1.165) is 0 Å². The lowest BCUT2D eigenvalue weighted by molar-refractivity contribution is 0.879. The zero-order valence-corrected chi connectivity index (χ0v) is 11.4. The summed E-state index contributed by atoms with van der Waals surface area (Å²) in [4.78, 5) is 1.26. The van der Waals surface area contributed by atoms with Crippen molar-refractivity contribution in [2.24, 2.45) is 5.73 Å². The maximum Gasteiger partial charge on any atom is 0.0659 e. The molecule has 1 atom stereocenters. The summed E-state index contributed by atoms with van der Waals surface area (Å²) < 4.78 is 1.23. The molecule has 0 aliphatic heterocycles. The van der Waals surface area contributed by atoms with Crippen molar-refractivity contribution in [3.8, 4) is 0 Å². The molecule has 1 aromatic carbocycles. The Bertz CT molecular complexity index is 464. The normalized spacial score (nSPS) is 12.7. The Balaban J connectivity index is 2.41. The molecule has 78 valence electrons. The summed E-state index contributed by atoms with van der Waals surface area (Å²) in [5, 5.41) is 2.10. The van der Waals surface area contributed by atoms with Gasteiger partial charge in [-0.25, -0.2) is 0 Å². The fourth-order valence-corrected chi connectivity index (χ4v) is 3.24. The highest BCUT2D eigenvalue weighted by Gasteiger charge is 2.14. The molecule has 1 nitrogen and oxygen atoms in total. The van der Waals surface area contributed by atoms with Gasteiger partial charge in [-0.2, -0.15) is 0 Å². The second-order valence-electron chi connectivity index (χ2n) is 3.47. The van der Waals surface area contributed by atoms with Crippen LogP contribution in [0.3, 0.4) is 0 Å². The minimum absolute atomic E-state index is 0.0121. The van der Waals surface area contributed by atoms with Crippen LogP contribution in [0, 0.1) is 10.5 Å². The predicted octanol–water partition coefficient (Wildman–Crippen LogP) is 3.71. The van der Waals surface area contributed by atoms with Gasteiger partial charge in [-0.15, -0.1) is 11.3 Å². The first-order chi connectivity index (χ1) is 7.20. The van der Waals surface area contributed by atoms with Crippen LogP contribution in [0.5, 0.6) is 0 Å². The highest BCUT2D eigenvalue weighted by molar-refractivity contribution is 14.1. The molecule has 0 aliphatic carbocycles. The Hall–Kier alpha value is -0.390. The summed E-state index contributed by atoms with van der Waals surface area (Å²) in [6.45, 7) is 2.11. The van der Waals surface area contributed by atoms with E-state index in [0.29, 0.717) is 0 Å². The summed E-state index contributed by atoms with van der Waals surface area (Å²) in [7, 11) is 0. The van der Waals surface area contributed by atoms with Gasteiger partial charge in [-0.3, -0.25) is 0 Å². The Morgan fingerprint density at radius 1 is 1.27 bits per heavy atom. The van der Waals surface area contributed by atoms with Crippen LogP contribution in [0.1, 0.15) is 22.0 Å². The molecule has 0 saturated heterocycles. The molecule has 15 heavy (non-hydrogen) atoms. The molecule has 0 bridgehead atoms. The number of thiophene rings is 1. The molecule has 1 aromatic heterocycles. The Labute approximate surface area is 107 Å². The summed E-state index contributed by atoms with van der Waals surface area (Å²) in [5.74, 6) is 0. The number of halogens is 1. The first-order valence-corrected chi connectivity index (χ1v) is 6.70. The third-order valence-electron chi connectivity index (χ3n) is 2.42. The summed E-state index contributed by atoms with van der Waals surface area (Å²) in [6, 6.07) is 10.4. The van der Waals surface area contributed by atoms with Crippen molar-refractivity contribution in [1.82, 2.24) is 0 Å². The molecule has 1 unspecified atom stereocenters. The fraction of sp³-hybridized carbons (Fsp3) is 0.167. The second-order valence-corrected chi connectivity index (χ2v) is 5.58. The smallest absolute Gasteiger partial charge is 0.0659 e. The van der Waals surface area contributed by atoms with Gasteiger partial charge in [0.2, 0.25) is 0 Å². The molecule has 0 radical (unpaired) electrons. The third-order valence-corrected chi connectivity index (χ3v) is 4.51. The van der Waals surface area contributed by atoms with E-state index in [1.54, 1.807) is 11.3 Å². The molecular formula is C12H12INS. The van der Waals surface area contributed by atoms with E-state index >= 15 is 0 Å². The number of hydrogen-bond donors (Lipinski definition) is 1. The van der Waals surface area contributed by atoms with Crippen LogP contribution in [0.2, 0.25) is 0 Å². The van der Waals surface area contributed by atoms with Gasteiger partial charge in [0.25, 0.3) is 0 Å². The number of rotatable bonds is 2. The van der Waals surface area contributed by atoms with Crippen LogP contribution in [0.15, 0.2) is 35.7 Å². The summed E-state index contributed by atoms with van der Waals surface area (Å²) >= 11 is 4.07. The standard InChI is InChI=1S/C12H12INS/c1-8-6-7-15-12(8)11(14)9-4-2-3-5-10(9)13/h2-7,11H,14H2,1H3. The van der Waals surface area contributed by atoms with Crippen LogP contribution in [0.4, 0.5) is 0 Å². The topological polar surface area (TPSA) is 26.0 Å². The van der Waals surface area contributed by atoms with Crippen molar-refractivity contribution < 1.29 is 0 Å². The minimum atomic E-state index is 0.0121. The van der Waals surface area contributed by atoms with E-state index < -0.39 is 0 Å². The van der Waals surface area contributed by atoms with Gasteiger partial charge in [-0.1, -0.05) is 18.2 Å². The fourth-order valence-electron chi connectivity index (χ4n) is 1.57. The van der Waals surface area contributed by atoms with Gasteiger partial charge >= 0.3 is 0 Å². The van der Waals surface area contributed by atoms with E-state index in [9.17, 15) is 0 Å². The Kier molecular flexibility index (Phi) is 3.43. The molecule has 2 aromatic rings. The molecule has 0 spiro atoms. The molecule has 2 rings (SSSR count). The van der Waals surface area contributed by atoms with Gasteiger partial charge in [0.1, 0.15) is 0 Å². The van der Waals surface area contributed by atoms with Gasteiger partial charge < -0.3 is 5.73 Å². The van der Waals surface area contributed by atoms with Crippen LogP contribution in [0.25, 0.3) is 0 Å². The van der Waals surface area contributed by atoms with Crippen molar-refractivity contribution in [2.75, 3.05) is 0 Å². The molecular weight excluding hydrogens is 317 g/mol. The van der Waals surface area contributed by atoms with Crippen molar-refractivity contribution in [2.45, 2.75) is 13.0 Å². The minimum Gasteiger partial charge on any atom is -0.320 e. The lowest BCUT2D eigenvalue weighted by atomic mass is 10.0. The number of hydrogen-bond acceptors (Lipinski definition) is 2. The molecule has 1 heterocycles. The molecule has 0 amide bonds. The number of benzene rings is 1. The van der Waals surface area contributed by atoms with Gasteiger partial charge in [0.05, 0.1) is 6.04 Å². The Morgan fingerprint density at radius 2 is 2.00 bits per heavy atom. The molecule has 3 heteroatoms. The van der Waals surface area contributed by atoms with Crippen molar-refractivity contribution in [3.63, 3.8) is 0 Å². The quantitative estimate of drug-likeness (QED) is 0.835. The van der Waals surface area contributed by atoms with Gasteiger partial charge in [-0.05, 0) is 58.2 Å². The average molecular weight is 329 g/mol. The lowest BCUT2D eigenvalue weighted by Crippen LogP contribution is -2.12. The van der Waals surface area contributed by atoms with E-state index in [-0.39, 0.29) is 6.04 Å². The monoisotopic (exact) mass is 329 g/mol. The number of aryl methyl sites for hydroxylation is 1. The lowest BCUT2D eigenvalue weighted by Gasteiger charge is -2.13. The van der Waals surface area contributed by atoms with E-state index in [2.05, 4.69) is 53.1 Å². The van der Waals surface area contributed by atoms with Gasteiger partial charge in [0, 0.05) is 8.45 Å². The SMILES string of the molecule is Cc1ccsc1C(N)c1ccccc1I. The highest BCUT2D eigenvalue weighted by atomic mass is 127. The van der Waals surface area contributed by atoms with Crippen LogP contribution < -0.4 is 5.73 Å². The highest BCUT2D eigenvalue weighted by Crippen LogP contribution is 2.29. The van der Waals surface area contributed by atoms with Crippen molar-refractivity contribution in [3.05, 3.63) is 55.3 Å². The Morgan fingerprint density at radius 3 is 2.60 bits per heavy atom. The van der Waals surface area contributed by atoms with Crippen LogP contribution in [-0.2, 0) is 0 Å². The molecule has 0 saturated carbocycles. The van der Waals surface area contributed by atoms with E-state index in [1.807, 2.05) is 12.1 Å². The van der Waals surface area contributed by atoms with Crippen molar-refractivity contribution in [1.29, 1.82) is 0 Å². The predicted molar refractivity (Wildman–Crippen MR) is 74.2 cm³/mol. The zero-order valence-electron chi connectivity index (χ0n) is 8.41. The van der Waals surface area contributed by atoms with E-state index in [1.165, 1.54) is 19.6 Å². The largest absolute Gasteiger partial charge is 0.320 e. The first kappa shape index (κ1) is 11.1. The zero-order chi connectivity index (χ0) is 10.8. The maximum absolute atomic E-state index is 6.27. The second kappa shape index (κ2) is 4.63. The molecule has 2 N–H and O–H groups in total. The third kappa shape index (κ3) is 2.24. The van der Waals surface area contributed by atoms with Crippen LogP contribution in [-0.4, -0.2) is 0 Å². The van der Waals surface area contributed by atoms with Crippen LogP contribution >= 0.6 is 33.9 Å². The maximum atomic E-state index is 6.27. The summed E-state index contributed by atoms with van der Waals surface area (Å²) in [6.07, 6.45) is 0. The molecule has 0 fully saturated rings. The first-order valence-electron chi connectivity index (χ1n) is 4.74. The van der Waals surface area contributed by atoms with Crippen molar-refractivity contribution >= 4 is 33.9 Å². The van der Waals surface area contributed by atoms with Gasteiger partial charge in [0.15, 0.2) is 0 Å². The average Bonchev–Trinajstić information content (AvgIpc) is 2.64. The van der Waals surface area contributed by atoms with E-state index in [4.69, 9.17) is 5.73 Å². The molecule has 0 aliphatic rings. The summed E-state index contributed by atoms with van der Waals surface area (Å²) in [5.41, 5.74) is 8.76. The number of nitrogens with two attached hydrogens (primary N) is 1.